The van der Waals surface area contributed by atoms with Crippen molar-refractivity contribution in [1.82, 2.24) is 9.97 Å². The number of ketones is 1. The zero-order valence-corrected chi connectivity index (χ0v) is 10.4. The summed E-state index contributed by atoms with van der Waals surface area (Å²) in [6.45, 7) is 1.47. The Morgan fingerprint density at radius 3 is 2.68 bits per heavy atom. The summed E-state index contributed by atoms with van der Waals surface area (Å²) < 4.78 is 4.61. The molecule has 2 N–H and O–H groups in total. The van der Waals surface area contributed by atoms with Crippen LogP contribution < -0.4 is 5.73 Å². The maximum atomic E-state index is 11.6. The topological polar surface area (TPSA) is 95.2 Å². The molecule has 0 aliphatic heterocycles. The maximum Gasteiger partial charge on any atom is 0.376 e. The zero-order chi connectivity index (χ0) is 13.8. The second kappa shape index (κ2) is 5.53. The Morgan fingerprint density at radius 2 is 2.00 bits per heavy atom. The number of benzene rings is 1. The van der Waals surface area contributed by atoms with Crippen molar-refractivity contribution in [3.63, 3.8) is 0 Å². The molecular weight excluding hydrogens is 246 g/mol. The van der Waals surface area contributed by atoms with Crippen molar-refractivity contribution in [1.29, 1.82) is 0 Å². The van der Waals surface area contributed by atoms with E-state index in [0.717, 1.165) is 5.52 Å². The van der Waals surface area contributed by atoms with E-state index in [0.29, 0.717) is 11.2 Å². The molecule has 0 fully saturated rings. The molecule has 1 unspecified atom stereocenters. The van der Waals surface area contributed by atoms with Crippen molar-refractivity contribution in [3.05, 3.63) is 36.2 Å². The summed E-state index contributed by atoms with van der Waals surface area (Å²) in [7, 11) is 0. The molecule has 0 radical (unpaired) electrons. The number of nitrogens with two attached hydrogens (primary N) is 1. The highest BCUT2D eigenvalue weighted by Gasteiger charge is 2.18. The summed E-state index contributed by atoms with van der Waals surface area (Å²) in [5, 5.41) is 0. The predicted molar refractivity (Wildman–Crippen MR) is 68.0 cm³/mol. The lowest BCUT2D eigenvalue weighted by Crippen LogP contribution is -2.29. The highest BCUT2D eigenvalue weighted by molar-refractivity contribution is 6.34. The maximum absolute atomic E-state index is 11.6. The number of rotatable bonds is 4. The molecule has 0 spiro atoms. The van der Waals surface area contributed by atoms with Crippen LogP contribution in [-0.2, 0) is 20.7 Å². The first-order chi connectivity index (χ1) is 9.06. The molecule has 0 amide bonds. The number of hydrogen-bond acceptors (Lipinski definition) is 6. The van der Waals surface area contributed by atoms with Gasteiger partial charge < -0.3 is 4.74 Å². The third-order valence-corrected chi connectivity index (χ3v) is 2.36. The Morgan fingerprint density at radius 1 is 1.32 bits per heavy atom. The van der Waals surface area contributed by atoms with Gasteiger partial charge in [0.05, 0.1) is 23.1 Å². The smallest absolute Gasteiger partial charge is 0.376 e. The van der Waals surface area contributed by atoms with E-state index in [4.69, 9.17) is 5.73 Å². The first-order valence-electron chi connectivity index (χ1n) is 5.76. The molecule has 2 rings (SSSR count). The lowest BCUT2D eigenvalue weighted by Gasteiger charge is -2.06. The van der Waals surface area contributed by atoms with Gasteiger partial charge in [-0.1, -0.05) is 12.1 Å². The monoisotopic (exact) mass is 259 g/mol. The number of carbonyl (C=O) groups excluding carboxylic acids is 2. The van der Waals surface area contributed by atoms with Crippen molar-refractivity contribution in [2.75, 3.05) is 0 Å². The van der Waals surface area contributed by atoms with E-state index < -0.39 is 18.0 Å². The Labute approximate surface area is 109 Å². The first kappa shape index (κ1) is 13.1. The van der Waals surface area contributed by atoms with Crippen molar-refractivity contribution in [2.45, 2.75) is 19.6 Å². The lowest BCUT2D eigenvalue weighted by atomic mass is 10.2. The van der Waals surface area contributed by atoms with Crippen molar-refractivity contribution in [2.24, 2.45) is 5.73 Å². The highest BCUT2D eigenvalue weighted by Crippen LogP contribution is 2.09. The van der Waals surface area contributed by atoms with Crippen LogP contribution in [0.4, 0.5) is 0 Å². The fourth-order valence-electron chi connectivity index (χ4n) is 1.55. The summed E-state index contributed by atoms with van der Waals surface area (Å²) in [6.07, 6.45) is 0.516. The van der Waals surface area contributed by atoms with E-state index in [-0.39, 0.29) is 6.42 Å². The number of Topliss-reactive ketones (excluding diaryl/α,β-unsaturated/α-hetero) is 1. The summed E-state index contributed by atoms with van der Waals surface area (Å²) in [6, 6.07) is 7.28. The van der Waals surface area contributed by atoms with E-state index in [1.54, 1.807) is 6.07 Å². The fourth-order valence-corrected chi connectivity index (χ4v) is 1.55. The van der Waals surface area contributed by atoms with E-state index >= 15 is 0 Å². The van der Waals surface area contributed by atoms with Crippen LogP contribution in [0.15, 0.2) is 30.5 Å². The molecule has 19 heavy (non-hydrogen) atoms. The second-order valence-electron chi connectivity index (χ2n) is 4.06. The minimum atomic E-state index is -0.954. The molecule has 0 aliphatic carbocycles. The number of aromatic nitrogens is 2. The van der Waals surface area contributed by atoms with Gasteiger partial charge in [0.2, 0.25) is 5.78 Å². The molecule has 1 heterocycles. The molecule has 98 valence electrons. The van der Waals surface area contributed by atoms with Crippen LogP contribution in [0.5, 0.6) is 0 Å². The third kappa shape index (κ3) is 3.32. The van der Waals surface area contributed by atoms with E-state index in [9.17, 15) is 9.59 Å². The number of fused-ring (bicyclic) bond motifs is 1. The molecule has 6 nitrogen and oxygen atoms in total. The van der Waals surface area contributed by atoms with Crippen LogP contribution in [0.2, 0.25) is 0 Å². The molecule has 0 aliphatic rings. The van der Waals surface area contributed by atoms with E-state index in [2.05, 4.69) is 14.7 Å². The van der Waals surface area contributed by atoms with Gasteiger partial charge >= 0.3 is 5.97 Å². The standard InChI is InChI=1S/C13H13N3O3/c1-8(14)19-13(18)12(17)6-9-7-15-10-4-2-3-5-11(10)16-9/h2-5,7-8H,6,14H2,1H3. The Hall–Kier alpha value is -2.34. The van der Waals surface area contributed by atoms with Crippen LogP contribution in [0.1, 0.15) is 12.6 Å². The average Bonchev–Trinajstić information content (AvgIpc) is 2.37. The average molecular weight is 259 g/mol. The largest absolute Gasteiger partial charge is 0.441 e. The summed E-state index contributed by atoms with van der Waals surface area (Å²) in [5.74, 6) is -1.65. The van der Waals surface area contributed by atoms with Crippen LogP contribution in [-0.4, -0.2) is 27.9 Å². The van der Waals surface area contributed by atoms with Gasteiger partial charge in [0, 0.05) is 6.20 Å². The normalized spacial score (nSPS) is 12.1. The van der Waals surface area contributed by atoms with Crippen LogP contribution in [0.25, 0.3) is 11.0 Å². The van der Waals surface area contributed by atoms with Crippen molar-refractivity contribution >= 4 is 22.8 Å². The van der Waals surface area contributed by atoms with Gasteiger partial charge in [-0.25, -0.2) is 9.78 Å². The number of para-hydroxylation sites is 2. The first-order valence-corrected chi connectivity index (χ1v) is 5.76. The summed E-state index contributed by atoms with van der Waals surface area (Å²) >= 11 is 0. The Kier molecular flexibility index (Phi) is 3.82. The van der Waals surface area contributed by atoms with Crippen LogP contribution in [0, 0.1) is 0 Å². The minimum absolute atomic E-state index is 0.149. The molecule has 1 atom stereocenters. The predicted octanol–water partition coefficient (Wildman–Crippen LogP) is 0.589. The lowest BCUT2D eigenvalue weighted by molar-refractivity contribution is -0.156. The SMILES string of the molecule is CC(N)OC(=O)C(=O)Cc1cnc2ccccc2n1. The van der Waals surface area contributed by atoms with Crippen LogP contribution in [0.3, 0.4) is 0 Å². The van der Waals surface area contributed by atoms with Crippen molar-refractivity contribution in [3.8, 4) is 0 Å². The molecule has 0 saturated carbocycles. The number of ether oxygens (including phenoxy) is 1. The highest BCUT2D eigenvalue weighted by atomic mass is 16.6. The quantitative estimate of drug-likeness (QED) is 0.490. The van der Waals surface area contributed by atoms with Crippen LogP contribution >= 0.6 is 0 Å². The van der Waals surface area contributed by atoms with E-state index in [1.165, 1.54) is 13.1 Å². The molecular formula is C13H13N3O3. The van der Waals surface area contributed by atoms with Gasteiger partial charge in [0.1, 0.15) is 6.23 Å². The summed E-state index contributed by atoms with van der Waals surface area (Å²) in [5.41, 5.74) is 7.10. The molecule has 1 aromatic heterocycles. The molecule has 6 heteroatoms. The number of hydrogen-bond donors (Lipinski definition) is 1. The fraction of sp³-hybridized carbons (Fsp3) is 0.231. The number of carbonyl (C=O) groups is 2. The molecule has 0 bridgehead atoms. The third-order valence-electron chi connectivity index (χ3n) is 2.36. The molecule has 1 aromatic carbocycles. The van der Waals surface area contributed by atoms with Gasteiger partial charge in [0.15, 0.2) is 0 Å². The Bertz CT molecular complexity index is 625. The van der Waals surface area contributed by atoms with Crippen molar-refractivity contribution < 1.29 is 14.3 Å². The second-order valence-corrected chi connectivity index (χ2v) is 4.06. The number of nitrogens with zero attached hydrogens (tertiary/aromatic N) is 2. The Balaban J connectivity index is 2.13. The van der Waals surface area contributed by atoms with Gasteiger partial charge in [-0.2, -0.15) is 0 Å². The summed E-state index contributed by atoms with van der Waals surface area (Å²) in [4.78, 5) is 31.3. The van der Waals surface area contributed by atoms with E-state index in [1.807, 2.05) is 18.2 Å². The molecule has 2 aromatic rings. The van der Waals surface area contributed by atoms with Gasteiger partial charge in [-0.05, 0) is 19.1 Å². The molecule has 0 saturated heterocycles. The van der Waals surface area contributed by atoms with Gasteiger partial charge in [0.25, 0.3) is 0 Å². The van der Waals surface area contributed by atoms with Gasteiger partial charge in [-0.3, -0.25) is 15.5 Å². The zero-order valence-electron chi connectivity index (χ0n) is 10.4. The number of esters is 1. The van der Waals surface area contributed by atoms with Gasteiger partial charge in [-0.15, -0.1) is 0 Å². The minimum Gasteiger partial charge on any atom is -0.441 e.